The maximum absolute atomic E-state index is 13.1. The van der Waals surface area contributed by atoms with E-state index in [1.807, 2.05) is 0 Å². The molecule has 32 heavy (non-hydrogen) atoms. The van der Waals surface area contributed by atoms with E-state index in [4.69, 9.17) is 0 Å². The summed E-state index contributed by atoms with van der Waals surface area (Å²) in [6, 6.07) is 12.3. The molecule has 0 saturated carbocycles. The van der Waals surface area contributed by atoms with E-state index < -0.39 is 30.1 Å². The van der Waals surface area contributed by atoms with Crippen molar-refractivity contribution in [3.63, 3.8) is 0 Å². The van der Waals surface area contributed by atoms with E-state index in [2.05, 4.69) is 0 Å². The molecule has 0 aliphatic carbocycles. The van der Waals surface area contributed by atoms with Gasteiger partial charge in [0.1, 0.15) is 6.54 Å². The van der Waals surface area contributed by atoms with Gasteiger partial charge in [0.25, 0.3) is 5.69 Å². The molecule has 8 nitrogen and oxygen atoms in total. The minimum absolute atomic E-state index is 0.00477. The number of para-hydroxylation sites is 3. The number of rotatable bonds is 8. The van der Waals surface area contributed by atoms with Crippen LogP contribution >= 0.6 is 0 Å². The Morgan fingerprint density at radius 3 is 2.25 bits per heavy atom. The number of imidazole rings is 1. The Morgan fingerprint density at radius 1 is 1.06 bits per heavy atom. The maximum atomic E-state index is 13.1. The van der Waals surface area contributed by atoms with Crippen molar-refractivity contribution in [3.05, 3.63) is 74.7 Å². The van der Waals surface area contributed by atoms with Crippen molar-refractivity contribution in [2.75, 3.05) is 6.54 Å². The largest absolute Gasteiger partial charge is 0.406 e. The number of nitro benzene ring substituents is 1. The number of halogens is 3. The summed E-state index contributed by atoms with van der Waals surface area (Å²) in [7, 11) is 0. The lowest BCUT2D eigenvalue weighted by atomic mass is 10.1. The van der Waals surface area contributed by atoms with E-state index in [0.29, 0.717) is 22.5 Å². The molecule has 3 rings (SSSR count). The van der Waals surface area contributed by atoms with Crippen LogP contribution in [0.5, 0.6) is 0 Å². The summed E-state index contributed by atoms with van der Waals surface area (Å²) in [5.74, 6) is -0.860. The van der Waals surface area contributed by atoms with E-state index in [1.165, 1.54) is 33.4 Å². The Kier molecular flexibility index (Phi) is 6.66. The second-order valence-electron chi connectivity index (χ2n) is 7.17. The van der Waals surface area contributed by atoms with Crippen molar-refractivity contribution in [1.29, 1.82) is 0 Å². The lowest BCUT2D eigenvalue weighted by molar-refractivity contribution is -0.385. The first-order valence-electron chi connectivity index (χ1n) is 9.87. The van der Waals surface area contributed by atoms with Crippen LogP contribution < -0.4 is 5.69 Å². The van der Waals surface area contributed by atoms with Crippen LogP contribution in [0.25, 0.3) is 11.0 Å². The van der Waals surface area contributed by atoms with Crippen LogP contribution in [0.15, 0.2) is 53.3 Å². The monoisotopic (exact) mass is 450 g/mol. The van der Waals surface area contributed by atoms with Crippen LogP contribution in [0.4, 0.5) is 18.9 Å². The van der Waals surface area contributed by atoms with Gasteiger partial charge >= 0.3 is 11.9 Å². The smallest absolute Gasteiger partial charge is 0.329 e. The third-order valence-electron chi connectivity index (χ3n) is 5.06. The molecule has 0 atom stereocenters. The van der Waals surface area contributed by atoms with E-state index >= 15 is 0 Å². The number of hydrogen-bond acceptors (Lipinski definition) is 4. The fourth-order valence-corrected chi connectivity index (χ4v) is 3.64. The summed E-state index contributed by atoms with van der Waals surface area (Å²) in [5, 5.41) is 11.2. The number of nitrogens with zero attached hydrogens (tertiary/aromatic N) is 4. The topological polar surface area (TPSA) is 90.4 Å². The number of fused-ring (bicyclic) bond motifs is 1. The van der Waals surface area contributed by atoms with Gasteiger partial charge in [0.05, 0.1) is 22.5 Å². The van der Waals surface area contributed by atoms with Gasteiger partial charge in [-0.15, -0.1) is 0 Å². The molecule has 1 heterocycles. The van der Waals surface area contributed by atoms with Gasteiger partial charge < -0.3 is 4.90 Å². The summed E-state index contributed by atoms with van der Waals surface area (Å²) in [5.41, 5.74) is 0.514. The highest BCUT2D eigenvalue weighted by Gasteiger charge is 2.34. The molecule has 3 aromatic rings. The molecule has 0 radical (unpaired) electrons. The average Bonchev–Trinajstić information content (AvgIpc) is 3.01. The minimum Gasteiger partial charge on any atom is -0.329 e. The molecule has 170 valence electrons. The third kappa shape index (κ3) is 4.98. The number of aromatic nitrogens is 2. The van der Waals surface area contributed by atoms with Gasteiger partial charge in [-0.3, -0.25) is 24.0 Å². The number of hydrogen-bond donors (Lipinski definition) is 0. The molecule has 2 aromatic carbocycles. The summed E-state index contributed by atoms with van der Waals surface area (Å²) >= 11 is 0. The highest BCUT2D eigenvalue weighted by atomic mass is 19.4. The predicted octanol–water partition coefficient (Wildman–Crippen LogP) is 3.71. The zero-order valence-corrected chi connectivity index (χ0v) is 17.2. The molecule has 0 N–H and O–H groups in total. The Bertz CT molecular complexity index is 1200. The second kappa shape index (κ2) is 9.25. The van der Waals surface area contributed by atoms with E-state index in [-0.39, 0.29) is 29.9 Å². The van der Waals surface area contributed by atoms with Crippen LogP contribution in [0.2, 0.25) is 0 Å². The van der Waals surface area contributed by atoms with Crippen molar-refractivity contribution in [2.45, 2.75) is 39.2 Å². The minimum atomic E-state index is -4.69. The number of carbonyl (C=O) groups is 1. The first-order valence-corrected chi connectivity index (χ1v) is 9.87. The molecule has 0 saturated heterocycles. The van der Waals surface area contributed by atoms with Crippen molar-refractivity contribution in [2.24, 2.45) is 0 Å². The first-order chi connectivity index (χ1) is 15.1. The standard InChI is InChI=1S/C21H21F3N4O4/c1-2-26-17-9-5-6-10-18(17)27(20(26)30)12-11-19(29)25(14-21(22,23)24)13-15-7-3-4-8-16(15)28(31)32/h3-10H,2,11-14H2,1H3. The molecule has 0 aliphatic heterocycles. The Balaban J connectivity index is 1.86. The number of carbonyl (C=O) groups excluding carboxylic acids is 1. The summed E-state index contributed by atoms with van der Waals surface area (Å²) < 4.78 is 42.2. The Labute approximate surface area is 180 Å². The lowest BCUT2D eigenvalue weighted by Crippen LogP contribution is -2.39. The normalized spacial score (nSPS) is 11.6. The number of alkyl halides is 3. The molecular formula is C21H21F3N4O4. The Morgan fingerprint density at radius 2 is 1.66 bits per heavy atom. The SMILES string of the molecule is CCn1c(=O)n(CCC(=O)N(Cc2ccccc2[N+](=O)[O-])CC(F)(F)F)c2ccccc21. The van der Waals surface area contributed by atoms with Crippen molar-refractivity contribution in [3.8, 4) is 0 Å². The van der Waals surface area contributed by atoms with Gasteiger partial charge in [-0.1, -0.05) is 30.3 Å². The molecule has 0 bridgehead atoms. The summed E-state index contributed by atoms with van der Waals surface area (Å²) in [6.07, 6.45) is -5.05. The van der Waals surface area contributed by atoms with Gasteiger partial charge in [0, 0.05) is 31.1 Å². The summed E-state index contributed by atoms with van der Waals surface area (Å²) in [6.45, 7) is -0.0413. The highest BCUT2D eigenvalue weighted by Crippen LogP contribution is 2.24. The quantitative estimate of drug-likeness (QED) is 0.387. The maximum Gasteiger partial charge on any atom is 0.406 e. The van der Waals surface area contributed by atoms with Crippen LogP contribution in [0.3, 0.4) is 0 Å². The number of aryl methyl sites for hydroxylation is 2. The fourth-order valence-electron chi connectivity index (χ4n) is 3.64. The van der Waals surface area contributed by atoms with Gasteiger partial charge in [0.15, 0.2) is 0 Å². The van der Waals surface area contributed by atoms with Gasteiger partial charge in [-0.05, 0) is 19.1 Å². The van der Waals surface area contributed by atoms with Crippen LogP contribution in [-0.4, -0.2) is 37.6 Å². The lowest BCUT2D eigenvalue weighted by Gasteiger charge is -2.24. The molecule has 0 aliphatic rings. The molecule has 0 unspecified atom stereocenters. The van der Waals surface area contributed by atoms with Crippen molar-refractivity contribution >= 4 is 22.6 Å². The second-order valence-corrected chi connectivity index (χ2v) is 7.17. The zero-order chi connectivity index (χ0) is 23.5. The van der Waals surface area contributed by atoms with Crippen LogP contribution in [0.1, 0.15) is 18.9 Å². The van der Waals surface area contributed by atoms with Gasteiger partial charge in [-0.2, -0.15) is 13.2 Å². The highest BCUT2D eigenvalue weighted by molar-refractivity contribution is 5.78. The van der Waals surface area contributed by atoms with Crippen molar-refractivity contribution < 1.29 is 22.9 Å². The zero-order valence-electron chi connectivity index (χ0n) is 17.2. The number of nitro groups is 1. The molecular weight excluding hydrogens is 429 g/mol. The van der Waals surface area contributed by atoms with Gasteiger partial charge in [0.2, 0.25) is 5.91 Å². The third-order valence-corrected chi connectivity index (χ3v) is 5.06. The molecule has 0 fully saturated rings. The average molecular weight is 450 g/mol. The molecule has 11 heteroatoms. The van der Waals surface area contributed by atoms with Crippen LogP contribution in [0, 0.1) is 10.1 Å². The molecule has 1 amide bonds. The first kappa shape index (κ1) is 23.0. The predicted molar refractivity (Wildman–Crippen MR) is 111 cm³/mol. The van der Waals surface area contributed by atoms with Crippen molar-refractivity contribution in [1.82, 2.24) is 14.0 Å². The van der Waals surface area contributed by atoms with E-state index in [1.54, 1.807) is 31.2 Å². The number of amides is 1. The van der Waals surface area contributed by atoms with Crippen LogP contribution in [-0.2, 0) is 24.4 Å². The summed E-state index contributed by atoms with van der Waals surface area (Å²) in [4.78, 5) is 36.5. The molecule has 0 spiro atoms. The fraction of sp³-hybridized carbons (Fsp3) is 0.333. The number of benzene rings is 2. The molecule has 1 aromatic heterocycles. The Hall–Kier alpha value is -3.63. The van der Waals surface area contributed by atoms with E-state index in [9.17, 15) is 32.9 Å². The van der Waals surface area contributed by atoms with E-state index in [0.717, 1.165) is 0 Å². The van der Waals surface area contributed by atoms with Gasteiger partial charge in [-0.25, -0.2) is 4.79 Å².